The van der Waals surface area contributed by atoms with E-state index >= 15 is 4.39 Å². The summed E-state index contributed by atoms with van der Waals surface area (Å²) in [4.78, 5) is 21.1. The Morgan fingerprint density at radius 1 is 1.08 bits per heavy atom. The molecule has 0 N–H and O–H groups in total. The lowest BCUT2D eigenvalue weighted by molar-refractivity contribution is -0.140. The van der Waals surface area contributed by atoms with Crippen molar-refractivity contribution in [2.45, 2.75) is 51.4 Å². The zero-order valence-electron chi connectivity index (χ0n) is 20.8. The lowest BCUT2D eigenvalue weighted by atomic mass is 10.1. The third-order valence-electron chi connectivity index (χ3n) is 6.09. The van der Waals surface area contributed by atoms with Crippen molar-refractivity contribution in [1.82, 2.24) is 29.5 Å². The Hall–Kier alpha value is -4.09. The van der Waals surface area contributed by atoms with Crippen molar-refractivity contribution in [3.8, 4) is 34.5 Å². The summed E-state index contributed by atoms with van der Waals surface area (Å²) in [6.07, 6.45) is 1.27. The quantitative estimate of drug-likeness (QED) is 0.259. The van der Waals surface area contributed by atoms with Crippen LogP contribution in [0.1, 0.15) is 55.6 Å². The lowest BCUT2D eigenvalue weighted by Gasteiger charge is -2.13. The molecule has 5 rings (SSSR count). The number of benzene rings is 1. The second-order valence-electron chi connectivity index (χ2n) is 9.19. The number of aromatic nitrogens is 6. The maximum atomic E-state index is 15.1. The predicted molar refractivity (Wildman–Crippen MR) is 129 cm³/mol. The molecule has 0 aliphatic heterocycles. The highest BCUT2D eigenvalue weighted by Crippen LogP contribution is 2.45. The molecule has 1 aliphatic carbocycles. The summed E-state index contributed by atoms with van der Waals surface area (Å²) in [5.74, 6) is 0.459. The van der Waals surface area contributed by atoms with E-state index in [9.17, 15) is 13.2 Å². The molecule has 0 saturated heterocycles. The van der Waals surface area contributed by atoms with Gasteiger partial charge in [0.05, 0.1) is 18.4 Å². The lowest BCUT2D eigenvalue weighted by Crippen LogP contribution is -2.05. The van der Waals surface area contributed by atoms with E-state index in [1.54, 1.807) is 26.0 Å². The minimum absolute atomic E-state index is 0.0298. The van der Waals surface area contributed by atoms with Gasteiger partial charge in [0.1, 0.15) is 30.1 Å². The number of alkyl halides is 3. The average Bonchev–Trinajstić information content (AvgIpc) is 3.63. The minimum atomic E-state index is -4.63. The topological polar surface area (TPSA) is 87.8 Å². The molecule has 0 bridgehead atoms. The average molecular weight is 529 g/mol. The highest BCUT2D eigenvalue weighted by atomic mass is 19.4. The summed E-state index contributed by atoms with van der Waals surface area (Å²) in [5.41, 5.74) is 0.783. The predicted octanol–water partition coefficient (Wildman–Crippen LogP) is 6.00. The van der Waals surface area contributed by atoms with Crippen molar-refractivity contribution in [2.24, 2.45) is 0 Å². The summed E-state index contributed by atoms with van der Waals surface area (Å²) in [7, 11) is 1.51. The van der Waals surface area contributed by atoms with Crippen LogP contribution in [0.15, 0.2) is 43.0 Å². The minimum Gasteiger partial charge on any atom is -0.480 e. The first-order valence-corrected chi connectivity index (χ1v) is 12.0. The van der Waals surface area contributed by atoms with Gasteiger partial charge in [-0.05, 0) is 44.4 Å². The van der Waals surface area contributed by atoms with Gasteiger partial charge in [0.25, 0.3) is 0 Å². The van der Waals surface area contributed by atoms with Gasteiger partial charge in [0.15, 0.2) is 11.5 Å². The van der Waals surface area contributed by atoms with E-state index in [-0.39, 0.29) is 29.9 Å². The molecule has 38 heavy (non-hydrogen) atoms. The Bertz CT molecular complexity index is 1470. The summed E-state index contributed by atoms with van der Waals surface area (Å²) < 4.78 is 67.2. The smallest absolute Gasteiger partial charge is 0.434 e. The molecule has 0 unspecified atom stereocenters. The van der Waals surface area contributed by atoms with Crippen LogP contribution in [0, 0.1) is 5.82 Å². The van der Waals surface area contributed by atoms with Crippen molar-refractivity contribution in [3.63, 3.8) is 0 Å². The number of rotatable bonds is 8. The van der Waals surface area contributed by atoms with Crippen molar-refractivity contribution in [2.75, 3.05) is 7.11 Å². The molecule has 0 radical (unpaired) electrons. The molecule has 12 heteroatoms. The summed E-state index contributed by atoms with van der Waals surface area (Å²) in [5, 5.41) is 0. The van der Waals surface area contributed by atoms with E-state index in [2.05, 4.69) is 24.9 Å². The summed E-state index contributed by atoms with van der Waals surface area (Å²) >= 11 is 0. The molecule has 3 heterocycles. The molecule has 3 aromatic heterocycles. The van der Waals surface area contributed by atoms with E-state index in [4.69, 9.17) is 9.47 Å². The van der Waals surface area contributed by atoms with Crippen molar-refractivity contribution in [3.05, 3.63) is 65.8 Å². The second-order valence-corrected chi connectivity index (χ2v) is 9.19. The van der Waals surface area contributed by atoms with Crippen LogP contribution in [0.25, 0.3) is 22.8 Å². The van der Waals surface area contributed by atoms with Crippen LogP contribution in [-0.2, 0) is 12.8 Å². The number of hydrogen-bond donors (Lipinski definition) is 0. The van der Waals surface area contributed by atoms with Gasteiger partial charge in [-0.1, -0.05) is 6.07 Å². The first-order valence-electron chi connectivity index (χ1n) is 12.0. The van der Waals surface area contributed by atoms with Gasteiger partial charge in [-0.3, -0.25) is 0 Å². The van der Waals surface area contributed by atoms with Gasteiger partial charge in [-0.2, -0.15) is 18.2 Å². The van der Waals surface area contributed by atoms with E-state index in [0.29, 0.717) is 28.7 Å². The van der Waals surface area contributed by atoms with E-state index in [0.717, 1.165) is 24.7 Å². The van der Waals surface area contributed by atoms with Gasteiger partial charge in [-0.15, -0.1) is 0 Å². The molecule has 198 valence electrons. The van der Waals surface area contributed by atoms with E-state index in [1.165, 1.54) is 36.3 Å². The maximum Gasteiger partial charge on any atom is 0.434 e. The largest absolute Gasteiger partial charge is 0.480 e. The molecule has 1 saturated carbocycles. The SMILES string of the molecule is COc1ncnc(C2CC2)c1-c1nccc(OCc2ccc(-c3nc(C(F)(F)F)cn3C(C)C)c(F)c2)n1. The van der Waals surface area contributed by atoms with Crippen LogP contribution in [0.2, 0.25) is 0 Å². The van der Waals surface area contributed by atoms with Gasteiger partial charge in [0.2, 0.25) is 11.8 Å². The van der Waals surface area contributed by atoms with Crippen molar-refractivity contribution >= 4 is 0 Å². The maximum absolute atomic E-state index is 15.1. The molecular formula is C26H24F4N6O2. The first kappa shape index (κ1) is 25.6. The molecule has 8 nitrogen and oxygen atoms in total. The Balaban J connectivity index is 1.37. The van der Waals surface area contributed by atoms with Gasteiger partial charge in [0, 0.05) is 30.4 Å². The van der Waals surface area contributed by atoms with Gasteiger partial charge in [-0.25, -0.2) is 24.3 Å². The number of ether oxygens (including phenoxy) is 2. The Labute approximate surface area is 215 Å². The van der Waals surface area contributed by atoms with Gasteiger partial charge < -0.3 is 14.0 Å². The monoisotopic (exact) mass is 528 g/mol. The molecule has 0 spiro atoms. The third kappa shape index (κ3) is 5.15. The number of halogens is 4. The fourth-order valence-corrected chi connectivity index (χ4v) is 4.07. The number of nitrogens with zero attached hydrogens (tertiary/aromatic N) is 6. The Kier molecular flexibility index (Phi) is 6.72. The second kappa shape index (κ2) is 9.99. The first-order chi connectivity index (χ1) is 18.2. The fourth-order valence-electron chi connectivity index (χ4n) is 4.07. The zero-order valence-corrected chi connectivity index (χ0v) is 20.8. The summed E-state index contributed by atoms with van der Waals surface area (Å²) in [6, 6.07) is 5.40. The van der Waals surface area contributed by atoms with Crippen molar-refractivity contribution in [1.29, 1.82) is 0 Å². The molecule has 1 aromatic carbocycles. The van der Waals surface area contributed by atoms with Crippen LogP contribution >= 0.6 is 0 Å². The van der Waals surface area contributed by atoms with Crippen LogP contribution in [0.3, 0.4) is 0 Å². The molecule has 1 aliphatic rings. The molecule has 1 fully saturated rings. The standard InChI is InChI=1S/C26H24F4N6O2/c1-14(2)36-11-19(26(28,29)30)34-24(36)17-7-4-15(10-18(17)27)12-38-20-8-9-31-23(35-20)21-22(16-5-6-16)32-13-33-25(21)37-3/h4,7-11,13-14,16H,5-6,12H2,1-3H3. The molecule has 0 amide bonds. The van der Waals surface area contributed by atoms with E-state index < -0.39 is 17.7 Å². The van der Waals surface area contributed by atoms with Crippen LogP contribution < -0.4 is 9.47 Å². The molecule has 0 atom stereocenters. The fraction of sp³-hybridized carbons (Fsp3) is 0.346. The van der Waals surface area contributed by atoms with Crippen LogP contribution in [0.5, 0.6) is 11.8 Å². The highest BCUT2D eigenvalue weighted by Gasteiger charge is 2.35. The highest BCUT2D eigenvalue weighted by molar-refractivity contribution is 5.66. The Morgan fingerprint density at radius 3 is 2.53 bits per heavy atom. The number of imidazole rings is 1. The molecule has 4 aromatic rings. The van der Waals surface area contributed by atoms with Crippen molar-refractivity contribution < 1.29 is 27.0 Å². The van der Waals surface area contributed by atoms with Crippen LogP contribution in [0.4, 0.5) is 17.6 Å². The zero-order chi connectivity index (χ0) is 27.0. The summed E-state index contributed by atoms with van der Waals surface area (Å²) in [6.45, 7) is 3.37. The number of hydrogen-bond acceptors (Lipinski definition) is 7. The number of methoxy groups -OCH3 is 1. The molecular weight excluding hydrogens is 504 g/mol. The third-order valence-corrected chi connectivity index (χ3v) is 6.09. The van der Waals surface area contributed by atoms with Gasteiger partial charge >= 0.3 is 6.18 Å². The normalized spacial score (nSPS) is 13.7. The van der Waals surface area contributed by atoms with Crippen LogP contribution in [-0.4, -0.2) is 36.6 Å². The Morgan fingerprint density at radius 2 is 1.87 bits per heavy atom. The van der Waals surface area contributed by atoms with E-state index in [1.807, 2.05) is 0 Å².